The van der Waals surface area contributed by atoms with E-state index in [0.29, 0.717) is 22.4 Å². The Morgan fingerprint density at radius 1 is 1.22 bits per heavy atom. The molecule has 27 heavy (non-hydrogen) atoms. The maximum absolute atomic E-state index is 11.6. The molecule has 0 fully saturated rings. The second-order valence-electron chi connectivity index (χ2n) is 6.48. The summed E-state index contributed by atoms with van der Waals surface area (Å²) < 4.78 is 5.86. The van der Waals surface area contributed by atoms with E-state index in [1.54, 1.807) is 19.2 Å². The normalized spacial score (nSPS) is 13.2. The van der Waals surface area contributed by atoms with Crippen molar-refractivity contribution in [2.75, 3.05) is 14.1 Å². The first kappa shape index (κ1) is 19.1. The van der Waals surface area contributed by atoms with Crippen LogP contribution >= 0.6 is 11.6 Å². The van der Waals surface area contributed by atoms with Gasteiger partial charge in [0, 0.05) is 28.8 Å². The lowest BCUT2D eigenvalue weighted by atomic mass is 10.1. The van der Waals surface area contributed by atoms with Crippen LogP contribution in [0, 0.1) is 0 Å². The zero-order valence-corrected chi connectivity index (χ0v) is 16.2. The zero-order valence-electron chi connectivity index (χ0n) is 15.5. The second kappa shape index (κ2) is 8.33. The van der Waals surface area contributed by atoms with Gasteiger partial charge in [-0.25, -0.2) is 0 Å². The third kappa shape index (κ3) is 4.53. The fraction of sp³-hybridized carbons (Fsp3) is 0.250. The van der Waals surface area contributed by atoms with E-state index in [9.17, 15) is 4.79 Å². The van der Waals surface area contributed by atoms with Gasteiger partial charge in [-0.3, -0.25) is 4.79 Å². The Labute approximate surface area is 163 Å². The Morgan fingerprint density at radius 3 is 2.63 bits per heavy atom. The highest BCUT2D eigenvalue weighted by Gasteiger charge is 2.22. The number of nitrogens with one attached hydrogen (secondary N) is 2. The Morgan fingerprint density at radius 2 is 1.96 bits per heavy atom. The topological polar surface area (TPSA) is 72.5 Å². The number of nitrogens with zero attached hydrogens (tertiary/aromatic N) is 2. The molecule has 0 aliphatic heterocycles. The maximum Gasteiger partial charge on any atom is 0.274 e. The molecule has 0 aliphatic carbocycles. The number of aromatic nitrogens is 2. The van der Waals surface area contributed by atoms with Gasteiger partial charge in [-0.2, -0.15) is 0 Å². The van der Waals surface area contributed by atoms with E-state index in [1.165, 1.54) is 4.90 Å². The van der Waals surface area contributed by atoms with Gasteiger partial charge in [-0.1, -0.05) is 29.8 Å². The molecule has 2 atom stereocenters. The predicted molar refractivity (Wildman–Crippen MR) is 104 cm³/mol. The van der Waals surface area contributed by atoms with Gasteiger partial charge >= 0.3 is 0 Å². The summed E-state index contributed by atoms with van der Waals surface area (Å²) in [5.41, 5.74) is 2.58. The number of quaternary nitrogens is 1. The van der Waals surface area contributed by atoms with Crippen molar-refractivity contribution in [3.63, 3.8) is 0 Å². The summed E-state index contributed by atoms with van der Waals surface area (Å²) in [5.74, 6) is 0.946. The van der Waals surface area contributed by atoms with Gasteiger partial charge in [0.05, 0.1) is 7.05 Å². The SMILES string of the molecule is CNC(=O)c1ccc(C[NH+](C)[C@H](C)c2nnc(-c3cccc(Cl)c3)o2)cc1. The van der Waals surface area contributed by atoms with Gasteiger partial charge in [0.1, 0.15) is 6.54 Å². The lowest BCUT2D eigenvalue weighted by molar-refractivity contribution is -0.925. The van der Waals surface area contributed by atoms with Crippen LogP contribution in [0.4, 0.5) is 0 Å². The van der Waals surface area contributed by atoms with E-state index in [0.717, 1.165) is 17.7 Å². The average Bonchev–Trinajstić information content (AvgIpc) is 3.17. The Bertz CT molecular complexity index is 924. The molecule has 2 aromatic carbocycles. The standard InChI is InChI=1S/C20H21ClN4O2/c1-13(19-23-24-20(27-19)16-5-4-6-17(21)11-16)25(3)12-14-7-9-15(10-8-14)18(26)22-2/h4-11,13H,12H2,1-3H3,(H,22,26)/p+1/t13-/m1/s1. The molecular formula is C20H22ClN4O2+. The van der Waals surface area contributed by atoms with E-state index >= 15 is 0 Å². The molecule has 0 bridgehead atoms. The minimum absolute atomic E-state index is 0.0176. The van der Waals surface area contributed by atoms with E-state index in [-0.39, 0.29) is 11.9 Å². The minimum atomic E-state index is -0.0879. The Hall–Kier alpha value is -2.70. The molecule has 0 saturated heterocycles. The summed E-state index contributed by atoms with van der Waals surface area (Å²) in [5, 5.41) is 11.6. The highest BCUT2D eigenvalue weighted by atomic mass is 35.5. The van der Waals surface area contributed by atoms with Crippen molar-refractivity contribution >= 4 is 17.5 Å². The van der Waals surface area contributed by atoms with Crippen LogP contribution < -0.4 is 10.2 Å². The third-order valence-corrected chi connectivity index (χ3v) is 4.78. The van der Waals surface area contributed by atoms with Crippen LogP contribution in [-0.2, 0) is 6.54 Å². The van der Waals surface area contributed by atoms with Crippen LogP contribution in [0.1, 0.15) is 34.8 Å². The first-order valence-corrected chi connectivity index (χ1v) is 9.08. The minimum Gasteiger partial charge on any atom is -0.415 e. The molecule has 0 radical (unpaired) electrons. The number of amides is 1. The van der Waals surface area contributed by atoms with E-state index in [2.05, 4.69) is 22.6 Å². The van der Waals surface area contributed by atoms with Crippen molar-refractivity contribution in [1.82, 2.24) is 15.5 Å². The molecule has 1 aromatic heterocycles. The molecule has 1 unspecified atom stereocenters. The molecule has 0 aliphatic rings. The van der Waals surface area contributed by atoms with Crippen molar-refractivity contribution < 1.29 is 14.1 Å². The van der Waals surface area contributed by atoms with E-state index < -0.39 is 0 Å². The number of hydrogen-bond donors (Lipinski definition) is 2. The van der Waals surface area contributed by atoms with Gasteiger partial charge in [0.25, 0.3) is 11.8 Å². The molecule has 0 saturated carbocycles. The van der Waals surface area contributed by atoms with E-state index in [4.69, 9.17) is 16.0 Å². The van der Waals surface area contributed by atoms with Gasteiger partial charge in [-0.05, 0) is 37.3 Å². The number of carbonyl (C=O) groups excluding carboxylic acids is 1. The summed E-state index contributed by atoms with van der Waals surface area (Å²) in [6.07, 6.45) is 0. The average molecular weight is 386 g/mol. The first-order valence-electron chi connectivity index (χ1n) is 8.70. The monoisotopic (exact) mass is 385 g/mol. The third-order valence-electron chi connectivity index (χ3n) is 4.55. The smallest absolute Gasteiger partial charge is 0.274 e. The van der Waals surface area contributed by atoms with Crippen molar-refractivity contribution in [1.29, 1.82) is 0 Å². The van der Waals surface area contributed by atoms with Crippen LogP contribution in [0.15, 0.2) is 52.9 Å². The first-order chi connectivity index (χ1) is 13.0. The quantitative estimate of drug-likeness (QED) is 0.684. The molecule has 140 valence electrons. The molecule has 1 heterocycles. The summed E-state index contributed by atoms with van der Waals surface area (Å²) in [4.78, 5) is 12.8. The van der Waals surface area contributed by atoms with Crippen LogP contribution in [-0.4, -0.2) is 30.2 Å². The second-order valence-corrected chi connectivity index (χ2v) is 6.91. The summed E-state index contributed by atoms with van der Waals surface area (Å²) in [7, 11) is 3.69. The van der Waals surface area contributed by atoms with Crippen molar-refractivity contribution in [2.24, 2.45) is 0 Å². The molecule has 0 spiro atoms. The van der Waals surface area contributed by atoms with Gasteiger partial charge in [0.2, 0.25) is 5.89 Å². The number of carbonyl (C=O) groups is 1. The predicted octanol–water partition coefficient (Wildman–Crippen LogP) is 2.53. The fourth-order valence-corrected chi connectivity index (χ4v) is 2.94. The van der Waals surface area contributed by atoms with Crippen molar-refractivity contribution in [3.05, 3.63) is 70.6 Å². The van der Waals surface area contributed by atoms with Gasteiger partial charge in [-0.15, -0.1) is 10.2 Å². The fourth-order valence-electron chi connectivity index (χ4n) is 2.75. The molecule has 7 heteroatoms. The summed E-state index contributed by atoms with van der Waals surface area (Å²) in [6, 6.07) is 14.9. The van der Waals surface area contributed by atoms with E-state index in [1.807, 2.05) is 43.3 Å². The van der Waals surface area contributed by atoms with Gasteiger partial charge in [0.15, 0.2) is 6.04 Å². The molecular weight excluding hydrogens is 364 g/mol. The molecule has 1 amide bonds. The van der Waals surface area contributed by atoms with Crippen LogP contribution in [0.2, 0.25) is 5.02 Å². The number of benzene rings is 2. The van der Waals surface area contributed by atoms with Crippen LogP contribution in [0.5, 0.6) is 0 Å². The largest absolute Gasteiger partial charge is 0.415 e. The zero-order chi connectivity index (χ0) is 19.4. The number of halogens is 1. The lowest BCUT2D eigenvalue weighted by Gasteiger charge is -2.19. The van der Waals surface area contributed by atoms with Gasteiger partial charge < -0.3 is 14.6 Å². The lowest BCUT2D eigenvalue weighted by Crippen LogP contribution is -3.07. The summed E-state index contributed by atoms with van der Waals surface area (Å²) in [6.45, 7) is 2.81. The summed E-state index contributed by atoms with van der Waals surface area (Å²) >= 11 is 6.03. The molecule has 3 aromatic rings. The maximum atomic E-state index is 11.6. The Kier molecular flexibility index (Phi) is 5.88. The number of hydrogen-bond acceptors (Lipinski definition) is 4. The highest BCUT2D eigenvalue weighted by molar-refractivity contribution is 6.30. The number of rotatable bonds is 6. The Balaban J connectivity index is 1.68. The van der Waals surface area contributed by atoms with Crippen LogP contribution in [0.3, 0.4) is 0 Å². The molecule has 6 nitrogen and oxygen atoms in total. The molecule has 2 N–H and O–H groups in total. The van der Waals surface area contributed by atoms with Crippen molar-refractivity contribution in [3.8, 4) is 11.5 Å². The van der Waals surface area contributed by atoms with Crippen LogP contribution in [0.25, 0.3) is 11.5 Å². The molecule has 3 rings (SSSR count). The highest BCUT2D eigenvalue weighted by Crippen LogP contribution is 2.22. The van der Waals surface area contributed by atoms with Crippen molar-refractivity contribution in [2.45, 2.75) is 19.5 Å².